The van der Waals surface area contributed by atoms with Gasteiger partial charge in [-0.1, -0.05) is 19.1 Å². The molecule has 23 heavy (non-hydrogen) atoms. The summed E-state index contributed by atoms with van der Waals surface area (Å²) in [5.41, 5.74) is -0.564. The van der Waals surface area contributed by atoms with Crippen molar-refractivity contribution in [3.05, 3.63) is 29.8 Å². The van der Waals surface area contributed by atoms with E-state index in [0.717, 1.165) is 6.07 Å². The monoisotopic (exact) mass is 329 g/mol. The lowest BCUT2D eigenvalue weighted by atomic mass is 10.0. The molecule has 1 rings (SSSR count). The average molecular weight is 329 g/mol. The van der Waals surface area contributed by atoms with Gasteiger partial charge in [-0.05, 0) is 32.4 Å². The summed E-state index contributed by atoms with van der Waals surface area (Å²) in [5, 5.41) is 8.89. The second kappa shape index (κ2) is 7.89. The summed E-state index contributed by atoms with van der Waals surface area (Å²) < 4.78 is 34.5. The first-order chi connectivity index (χ1) is 10.8. The Morgan fingerprint density at radius 3 is 2.43 bits per heavy atom. The van der Waals surface area contributed by atoms with Crippen LogP contribution in [-0.4, -0.2) is 41.1 Å². The molecule has 0 aliphatic rings. The molecular formula is C16H21F2NO4. The van der Waals surface area contributed by atoms with Gasteiger partial charge in [0.2, 0.25) is 0 Å². The number of rotatable bonds is 8. The van der Waals surface area contributed by atoms with Crippen LogP contribution in [0.2, 0.25) is 0 Å². The number of carbonyl (C=O) groups excluding carboxylic acids is 1. The zero-order valence-corrected chi connectivity index (χ0v) is 13.4. The Kier molecular flexibility index (Phi) is 6.48. The molecule has 0 aliphatic carbocycles. The van der Waals surface area contributed by atoms with Crippen LogP contribution in [-0.2, 0) is 15.5 Å². The van der Waals surface area contributed by atoms with E-state index >= 15 is 0 Å². The molecule has 0 fully saturated rings. The number of benzene rings is 1. The van der Waals surface area contributed by atoms with Crippen molar-refractivity contribution in [2.75, 3.05) is 13.2 Å². The minimum Gasteiger partial charge on any atom is -0.493 e. The summed E-state index contributed by atoms with van der Waals surface area (Å²) in [6, 6.07) is 4.75. The van der Waals surface area contributed by atoms with Crippen LogP contribution in [0, 0.1) is 0 Å². The predicted octanol–water partition coefficient (Wildman–Crippen LogP) is 2.89. The first kappa shape index (κ1) is 18.9. The van der Waals surface area contributed by atoms with Crippen molar-refractivity contribution in [2.24, 2.45) is 0 Å². The molecule has 1 unspecified atom stereocenters. The van der Waals surface area contributed by atoms with E-state index in [9.17, 15) is 18.4 Å². The number of ether oxygens (including phenoxy) is 1. The summed E-state index contributed by atoms with van der Waals surface area (Å²) in [7, 11) is 0. The largest absolute Gasteiger partial charge is 0.493 e. The molecule has 0 saturated heterocycles. The molecule has 5 nitrogen and oxygen atoms in total. The predicted molar refractivity (Wildman–Crippen MR) is 80.6 cm³/mol. The Bertz CT molecular complexity index is 563. The van der Waals surface area contributed by atoms with Crippen molar-refractivity contribution >= 4 is 11.9 Å². The van der Waals surface area contributed by atoms with Crippen LogP contribution in [0.15, 0.2) is 24.3 Å². The van der Waals surface area contributed by atoms with Crippen molar-refractivity contribution < 1.29 is 28.2 Å². The van der Waals surface area contributed by atoms with Crippen LogP contribution in [0.25, 0.3) is 0 Å². The molecule has 7 heteroatoms. The summed E-state index contributed by atoms with van der Waals surface area (Å²) in [6.07, 6.45) is 0.363. The molecule has 1 N–H and O–H groups in total. The number of nitrogens with zero attached hydrogens (tertiary/aromatic N) is 1. The van der Waals surface area contributed by atoms with E-state index in [1.807, 2.05) is 0 Å². The van der Waals surface area contributed by atoms with Crippen LogP contribution in [0.3, 0.4) is 0 Å². The molecule has 128 valence electrons. The van der Waals surface area contributed by atoms with Gasteiger partial charge in [0.25, 0.3) is 5.91 Å². The van der Waals surface area contributed by atoms with Gasteiger partial charge in [0.15, 0.2) is 0 Å². The standard InChI is InChI=1S/C16H21F2NO4/c1-4-11(3)19(10-14(20)21)15(22)16(17,18)12-8-6-7-9-13(12)23-5-2/h6-9,11H,4-5,10H2,1-3H3,(H,20,21). The van der Waals surface area contributed by atoms with E-state index < -0.39 is 35.9 Å². The molecule has 0 bridgehead atoms. The van der Waals surface area contributed by atoms with Gasteiger partial charge in [-0.15, -0.1) is 0 Å². The maximum Gasteiger partial charge on any atom is 0.353 e. The van der Waals surface area contributed by atoms with Gasteiger partial charge in [-0.3, -0.25) is 9.59 Å². The van der Waals surface area contributed by atoms with Gasteiger partial charge in [0.1, 0.15) is 12.3 Å². The molecular weight excluding hydrogens is 308 g/mol. The lowest BCUT2D eigenvalue weighted by Crippen LogP contribution is -2.48. The molecule has 1 atom stereocenters. The Labute approximate surface area is 133 Å². The number of amides is 1. The van der Waals surface area contributed by atoms with Crippen molar-refractivity contribution in [3.63, 3.8) is 0 Å². The highest BCUT2D eigenvalue weighted by Gasteiger charge is 2.47. The second-order valence-corrected chi connectivity index (χ2v) is 5.09. The number of aliphatic carboxylic acids is 1. The highest BCUT2D eigenvalue weighted by Crippen LogP contribution is 2.37. The fraction of sp³-hybridized carbons (Fsp3) is 0.500. The van der Waals surface area contributed by atoms with E-state index in [-0.39, 0.29) is 12.4 Å². The van der Waals surface area contributed by atoms with E-state index in [1.165, 1.54) is 25.1 Å². The number of para-hydroxylation sites is 1. The van der Waals surface area contributed by atoms with Crippen molar-refractivity contribution in [2.45, 2.75) is 39.2 Å². The first-order valence-corrected chi connectivity index (χ1v) is 7.38. The Hall–Kier alpha value is -2.18. The maximum absolute atomic E-state index is 14.7. The van der Waals surface area contributed by atoms with Crippen molar-refractivity contribution in [1.29, 1.82) is 0 Å². The Morgan fingerprint density at radius 2 is 1.91 bits per heavy atom. The van der Waals surface area contributed by atoms with Gasteiger partial charge >= 0.3 is 11.9 Å². The van der Waals surface area contributed by atoms with Crippen LogP contribution in [0.4, 0.5) is 8.78 Å². The molecule has 0 saturated carbocycles. The van der Waals surface area contributed by atoms with E-state index in [0.29, 0.717) is 11.3 Å². The van der Waals surface area contributed by atoms with Crippen LogP contribution in [0.5, 0.6) is 5.75 Å². The van der Waals surface area contributed by atoms with Gasteiger partial charge in [0.05, 0.1) is 12.2 Å². The van der Waals surface area contributed by atoms with E-state index in [1.54, 1.807) is 13.8 Å². The van der Waals surface area contributed by atoms with Gasteiger partial charge < -0.3 is 14.7 Å². The average Bonchev–Trinajstić information content (AvgIpc) is 2.51. The molecule has 0 heterocycles. The summed E-state index contributed by atoms with van der Waals surface area (Å²) in [6.45, 7) is 4.27. The minimum atomic E-state index is -3.87. The third-order valence-corrected chi connectivity index (χ3v) is 3.48. The molecule has 0 aromatic heterocycles. The lowest BCUT2D eigenvalue weighted by Gasteiger charge is -2.31. The van der Waals surface area contributed by atoms with Gasteiger partial charge in [-0.25, -0.2) is 0 Å². The SMILES string of the molecule is CCOc1ccccc1C(F)(F)C(=O)N(CC(=O)O)C(C)CC. The number of hydrogen-bond acceptors (Lipinski definition) is 3. The van der Waals surface area contributed by atoms with Gasteiger partial charge in [-0.2, -0.15) is 8.78 Å². The molecule has 0 spiro atoms. The number of carboxylic acids is 1. The van der Waals surface area contributed by atoms with E-state index in [4.69, 9.17) is 9.84 Å². The normalized spacial score (nSPS) is 12.6. The van der Waals surface area contributed by atoms with Crippen LogP contribution >= 0.6 is 0 Å². The van der Waals surface area contributed by atoms with Gasteiger partial charge in [0, 0.05) is 6.04 Å². The minimum absolute atomic E-state index is 0.0900. The van der Waals surface area contributed by atoms with Crippen LogP contribution < -0.4 is 4.74 Å². The molecule has 1 aromatic rings. The summed E-state index contributed by atoms with van der Waals surface area (Å²) in [4.78, 5) is 23.9. The van der Waals surface area contributed by atoms with Crippen LogP contribution in [0.1, 0.15) is 32.8 Å². The number of alkyl halides is 2. The van der Waals surface area contributed by atoms with E-state index in [2.05, 4.69) is 0 Å². The summed E-state index contributed by atoms with van der Waals surface area (Å²) >= 11 is 0. The Balaban J connectivity index is 3.23. The number of carbonyl (C=O) groups is 2. The highest BCUT2D eigenvalue weighted by atomic mass is 19.3. The van der Waals surface area contributed by atoms with Crippen molar-refractivity contribution in [3.8, 4) is 5.75 Å². The van der Waals surface area contributed by atoms with Crippen molar-refractivity contribution in [1.82, 2.24) is 4.90 Å². The second-order valence-electron chi connectivity index (χ2n) is 5.09. The molecule has 1 aromatic carbocycles. The maximum atomic E-state index is 14.7. The fourth-order valence-corrected chi connectivity index (χ4v) is 2.10. The smallest absolute Gasteiger partial charge is 0.353 e. The number of carboxylic acid groups (broad SMARTS) is 1. The molecule has 1 amide bonds. The number of halogens is 2. The third-order valence-electron chi connectivity index (χ3n) is 3.48. The fourth-order valence-electron chi connectivity index (χ4n) is 2.10. The topological polar surface area (TPSA) is 66.8 Å². The quantitative estimate of drug-likeness (QED) is 0.796. The zero-order chi connectivity index (χ0) is 17.6. The third kappa shape index (κ3) is 4.40. The zero-order valence-electron chi connectivity index (χ0n) is 13.4. The number of hydrogen-bond donors (Lipinski definition) is 1. The summed E-state index contributed by atoms with van der Waals surface area (Å²) in [5.74, 6) is -6.84. The Morgan fingerprint density at radius 1 is 1.30 bits per heavy atom. The lowest BCUT2D eigenvalue weighted by molar-refractivity contribution is -0.165. The molecule has 0 radical (unpaired) electrons. The molecule has 0 aliphatic heterocycles. The highest BCUT2D eigenvalue weighted by molar-refractivity contribution is 5.88. The first-order valence-electron chi connectivity index (χ1n) is 7.38.